The smallest absolute Gasteiger partial charge is 0.322 e. The third kappa shape index (κ3) is 2.30. The molecular weight excluding hydrogens is 294 g/mol. The third-order valence-electron chi connectivity index (χ3n) is 1.83. The Morgan fingerprint density at radius 3 is 2.75 bits per heavy atom. The maximum atomic E-state index is 11.7. The molecule has 0 aromatic carbocycles. The molecule has 7 heteroatoms. The van der Waals surface area contributed by atoms with Gasteiger partial charge in [0.05, 0.1) is 8.66 Å². The molecule has 0 aliphatic carbocycles. The Labute approximate surface area is 104 Å². The van der Waals surface area contributed by atoms with E-state index >= 15 is 0 Å². The van der Waals surface area contributed by atoms with E-state index < -0.39 is 0 Å². The molecule has 0 saturated carbocycles. The van der Waals surface area contributed by atoms with E-state index in [2.05, 4.69) is 31.4 Å². The minimum absolute atomic E-state index is 0.115. The van der Waals surface area contributed by atoms with Crippen LogP contribution >= 0.6 is 27.3 Å². The van der Waals surface area contributed by atoms with Crippen molar-refractivity contribution in [3.8, 4) is 0 Å². The molecule has 2 rings (SSSR count). The number of thiophene rings is 1. The summed E-state index contributed by atoms with van der Waals surface area (Å²) in [5.41, 5.74) is 1.02. The molecule has 1 amide bonds. The molecule has 0 radical (unpaired) electrons. The third-order valence-corrected chi connectivity index (χ3v) is 3.96. The van der Waals surface area contributed by atoms with E-state index in [9.17, 15) is 4.79 Å². The highest BCUT2D eigenvalue weighted by atomic mass is 79.9. The van der Waals surface area contributed by atoms with E-state index in [-0.39, 0.29) is 11.9 Å². The van der Waals surface area contributed by atoms with Gasteiger partial charge in [0.1, 0.15) is 0 Å². The Hall–Kier alpha value is -1.21. The van der Waals surface area contributed by atoms with Crippen LogP contribution in [0.5, 0.6) is 0 Å². The summed E-state index contributed by atoms with van der Waals surface area (Å²) in [5.74, 6) is 0.168. The summed E-state index contributed by atoms with van der Waals surface area (Å²) in [6, 6.07) is 1.91. The molecule has 0 saturated heterocycles. The Bertz CT molecular complexity index is 515. The Morgan fingerprint density at radius 2 is 2.25 bits per heavy atom. The largest absolute Gasteiger partial charge is 0.408 e. The molecule has 84 valence electrons. The van der Waals surface area contributed by atoms with Gasteiger partial charge in [-0.3, -0.25) is 10.1 Å². The number of nitrogens with one attached hydrogen (secondary N) is 1. The van der Waals surface area contributed by atoms with Crippen LogP contribution in [0.2, 0.25) is 0 Å². The number of rotatable bonds is 2. The predicted octanol–water partition coefficient (Wildman–Crippen LogP) is 2.76. The van der Waals surface area contributed by atoms with Crippen molar-refractivity contribution in [2.24, 2.45) is 0 Å². The van der Waals surface area contributed by atoms with Crippen LogP contribution in [0.25, 0.3) is 0 Å². The number of aromatic nitrogens is 2. The van der Waals surface area contributed by atoms with Gasteiger partial charge >= 0.3 is 6.01 Å². The lowest BCUT2D eigenvalue weighted by atomic mass is 10.3. The monoisotopic (exact) mass is 301 g/mol. The second-order valence-electron chi connectivity index (χ2n) is 3.15. The maximum Gasteiger partial charge on any atom is 0.322 e. The quantitative estimate of drug-likeness (QED) is 0.926. The molecule has 1 N–H and O–H groups in total. The normalized spacial score (nSPS) is 10.4. The van der Waals surface area contributed by atoms with Crippen LogP contribution in [0.15, 0.2) is 14.3 Å². The number of aryl methyl sites for hydroxylation is 2. The van der Waals surface area contributed by atoms with Crippen LogP contribution in [0.4, 0.5) is 6.01 Å². The average Bonchev–Trinajstić information content (AvgIpc) is 2.75. The van der Waals surface area contributed by atoms with Crippen LogP contribution in [-0.2, 0) is 0 Å². The summed E-state index contributed by atoms with van der Waals surface area (Å²) in [6.45, 7) is 3.59. The van der Waals surface area contributed by atoms with Gasteiger partial charge in [-0.2, -0.15) is 0 Å². The van der Waals surface area contributed by atoms with Crippen molar-refractivity contribution in [3.05, 3.63) is 26.2 Å². The average molecular weight is 302 g/mol. The van der Waals surface area contributed by atoms with E-state index in [0.717, 1.165) is 9.35 Å². The van der Waals surface area contributed by atoms with Crippen LogP contribution in [0.3, 0.4) is 0 Å². The minimum atomic E-state index is -0.248. The number of carbonyl (C=O) groups is 1. The predicted molar refractivity (Wildman–Crippen MR) is 63.7 cm³/mol. The van der Waals surface area contributed by atoms with Gasteiger partial charge in [-0.15, -0.1) is 16.4 Å². The zero-order valence-corrected chi connectivity index (χ0v) is 11.0. The number of amides is 1. The Balaban J connectivity index is 2.14. The summed E-state index contributed by atoms with van der Waals surface area (Å²) in [7, 11) is 0. The fourth-order valence-corrected chi connectivity index (χ4v) is 2.51. The lowest BCUT2D eigenvalue weighted by Crippen LogP contribution is -2.10. The second kappa shape index (κ2) is 4.34. The van der Waals surface area contributed by atoms with Gasteiger partial charge in [-0.25, -0.2) is 0 Å². The van der Waals surface area contributed by atoms with Crippen LogP contribution in [0, 0.1) is 13.8 Å². The van der Waals surface area contributed by atoms with E-state index in [1.54, 1.807) is 13.0 Å². The first kappa shape index (κ1) is 11.3. The summed E-state index contributed by atoms with van der Waals surface area (Å²) in [5, 5.41) is 9.83. The van der Waals surface area contributed by atoms with Crippen molar-refractivity contribution in [2.75, 3.05) is 5.32 Å². The number of carbonyl (C=O) groups excluding carboxylic acids is 1. The number of halogens is 1. The number of nitrogens with zero attached hydrogens (tertiary/aromatic N) is 2. The van der Waals surface area contributed by atoms with Gasteiger partial charge in [-0.1, -0.05) is 5.10 Å². The standard InChI is InChI=1S/C9H8BrN3O2S/c1-4-3-6(16-7(4)10)8(14)11-9-13-12-5(2)15-9/h3H,1-2H3,(H,11,13,14). The second-order valence-corrected chi connectivity index (χ2v) is 5.52. The summed E-state index contributed by atoms with van der Waals surface area (Å²) >= 11 is 4.72. The molecule has 0 unspecified atom stereocenters. The first-order valence-corrected chi connectivity index (χ1v) is 6.04. The molecule has 0 spiro atoms. The molecule has 0 aliphatic rings. The highest BCUT2D eigenvalue weighted by Gasteiger charge is 2.13. The van der Waals surface area contributed by atoms with E-state index in [1.807, 2.05) is 6.92 Å². The summed E-state index contributed by atoms with van der Waals surface area (Å²) < 4.78 is 6.00. The van der Waals surface area contributed by atoms with E-state index in [0.29, 0.717) is 10.8 Å². The van der Waals surface area contributed by atoms with Gasteiger partial charge < -0.3 is 4.42 Å². The Morgan fingerprint density at radius 1 is 1.50 bits per heavy atom. The van der Waals surface area contributed by atoms with Crippen molar-refractivity contribution < 1.29 is 9.21 Å². The minimum Gasteiger partial charge on any atom is -0.408 e. The van der Waals surface area contributed by atoms with Crippen molar-refractivity contribution in [2.45, 2.75) is 13.8 Å². The molecule has 0 bridgehead atoms. The van der Waals surface area contributed by atoms with Gasteiger partial charge in [0, 0.05) is 6.92 Å². The molecule has 2 heterocycles. The highest BCUT2D eigenvalue weighted by molar-refractivity contribution is 9.11. The van der Waals surface area contributed by atoms with Gasteiger partial charge in [0.2, 0.25) is 5.89 Å². The SMILES string of the molecule is Cc1nnc(NC(=O)c2cc(C)c(Br)s2)o1. The van der Waals surface area contributed by atoms with Crippen LogP contribution in [0.1, 0.15) is 21.1 Å². The van der Waals surface area contributed by atoms with Crippen molar-refractivity contribution in [1.29, 1.82) is 0 Å². The summed E-state index contributed by atoms with van der Waals surface area (Å²) in [6.07, 6.45) is 0. The summed E-state index contributed by atoms with van der Waals surface area (Å²) in [4.78, 5) is 12.3. The number of hydrogen-bond acceptors (Lipinski definition) is 5. The van der Waals surface area contributed by atoms with E-state index in [4.69, 9.17) is 4.42 Å². The maximum absolute atomic E-state index is 11.7. The first-order valence-electron chi connectivity index (χ1n) is 4.43. The van der Waals surface area contributed by atoms with Crippen molar-refractivity contribution in [3.63, 3.8) is 0 Å². The molecule has 0 aliphatic heterocycles. The molecule has 2 aromatic rings. The lowest BCUT2D eigenvalue weighted by Gasteiger charge is -1.95. The van der Waals surface area contributed by atoms with Crippen LogP contribution < -0.4 is 5.32 Å². The molecule has 16 heavy (non-hydrogen) atoms. The molecule has 0 fully saturated rings. The lowest BCUT2D eigenvalue weighted by molar-refractivity contribution is 0.102. The van der Waals surface area contributed by atoms with E-state index in [1.165, 1.54) is 11.3 Å². The van der Waals surface area contributed by atoms with Crippen LogP contribution in [-0.4, -0.2) is 16.1 Å². The fourth-order valence-electron chi connectivity index (χ4n) is 1.08. The van der Waals surface area contributed by atoms with Gasteiger partial charge in [-0.05, 0) is 34.5 Å². The molecule has 0 atom stereocenters. The zero-order valence-electron chi connectivity index (χ0n) is 8.57. The van der Waals surface area contributed by atoms with Gasteiger partial charge in [0.25, 0.3) is 5.91 Å². The topological polar surface area (TPSA) is 68.0 Å². The number of anilines is 1. The first-order chi connectivity index (χ1) is 7.56. The molecule has 2 aromatic heterocycles. The fraction of sp³-hybridized carbons (Fsp3) is 0.222. The zero-order chi connectivity index (χ0) is 11.7. The molecular formula is C9H8BrN3O2S. The van der Waals surface area contributed by atoms with Crippen molar-refractivity contribution in [1.82, 2.24) is 10.2 Å². The highest BCUT2D eigenvalue weighted by Crippen LogP contribution is 2.27. The van der Waals surface area contributed by atoms with Crippen molar-refractivity contribution >= 4 is 39.2 Å². The Kier molecular flexibility index (Phi) is 3.06. The molecule has 5 nitrogen and oxygen atoms in total. The van der Waals surface area contributed by atoms with Gasteiger partial charge in [0.15, 0.2) is 0 Å². The number of hydrogen-bond donors (Lipinski definition) is 1.